The summed E-state index contributed by atoms with van der Waals surface area (Å²) in [6, 6.07) is 25.6. The van der Waals surface area contributed by atoms with Crippen LogP contribution in [-0.4, -0.2) is 17.3 Å². The van der Waals surface area contributed by atoms with E-state index < -0.39 is 11.8 Å². The van der Waals surface area contributed by atoms with Gasteiger partial charge in [0.15, 0.2) is 17.3 Å². The van der Waals surface area contributed by atoms with Crippen LogP contribution in [0.15, 0.2) is 96.6 Å². The number of carbonyl (C=O) groups is 3. The Morgan fingerprint density at radius 2 is 1.28 bits per heavy atom. The summed E-state index contributed by atoms with van der Waals surface area (Å²) in [6.07, 6.45) is 3.95. The van der Waals surface area contributed by atoms with Crippen molar-refractivity contribution >= 4 is 17.3 Å². The van der Waals surface area contributed by atoms with Gasteiger partial charge in [0.05, 0.1) is 5.92 Å². The molecule has 0 aliphatic heterocycles. The molecule has 160 valence electrons. The predicted molar refractivity (Wildman–Crippen MR) is 126 cm³/mol. The summed E-state index contributed by atoms with van der Waals surface area (Å²) in [6.45, 7) is 1.99. The van der Waals surface area contributed by atoms with Crippen molar-refractivity contribution in [3.8, 4) is 0 Å². The number of rotatable bonds is 7. The van der Waals surface area contributed by atoms with Crippen LogP contribution in [0.2, 0.25) is 0 Å². The Labute approximate surface area is 188 Å². The van der Waals surface area contributed by atoms with Gasteiger partial charge in [-0.25, -0.2) is 0 Å². The molecular formula is C29H26O3. The first-order valence-corrected chi connectivity index (χ1v) is 11.0. The van der Waals surface area contributed by atoms with Gasteiger partial charge >= 0.3 is 0 Å². The summed E-state index contributed by atoms with van der Waals surface area (Å²) in [4.78, 5) is 40.7. The largest absolute Gasteiger partial charge is 0.295 e. The number of allylic oxidation sites excluding steroid dienone is 2. The molecule has 3 aromatic rings. The van der Waals surface area contributed by atoms with Crippen LogP contribution in [0.4, 0.5) is 0 Å². The minimum absolute atomic E-state index is 0.0218. The molecule has 4 rings (SSSR count). The zero-order chi connectivity index (χ0) is 22.5. The lowest BCUT2D eigenvalue weighted by Crippen LogP contribution is -2.34. The van der Waals surface area contributed by atoms with E-state index in [1.165, 1.54) is 0 Å². The molecule has 0 radical (unpaired) electrons. The molecule has 1 atom stereocenters. The first-order valence-electron chi connectivity index (χ1n) is 11.0. The smallest absolute Gasteiger partial charge is 0.174 e. The summed E-state index contributed by atoms with van der Waals surface area (Å²) in [7, 11) is 0. The fourth-order valence-electron chi connectivity index (χ4n) is 4.39. The summed E-state index contributed by atoms with van der Waals surface area (Å²) in [5.41, 5.74) is 3.43. The van der Waals surface area contributed by atoms with Crippen molar-refractivity contribution in [3.63, 3.8) is 0 Å². The minimum atomic E-state index is -1.02. The van der Waals surface area contributed by atoms with Crippen molar-refractivity contribution in [2.24, 2.45) is 5.92 Å². The highest BCUT2D eigenvalue weighted by atomic mass is 16.2. The molecular weight excluding hydrogens is 396 g/mol. The number of benzene rings is 3. The summed E-state index contributed by atoms with van der Waals surface area (Å²) >= 11 is 0. The van der Waals surface area contributed by atoms with Gasteiger partial charge in [0, 0.05) is 23.5 Å². The molecule has 32 heavy (non-hydrogen) atoms. The van der Waals surface area contributed by atoms with Crippen molar-refractivity contribution in [2.45, 2.75) is 32.1 Å². The van der Waals surface area contributed by atoms with Gasteiger partial charge in [-0.3, -0.25) is 14.4 Å². The summed E-state index contributed by atoms with van der Waals surface area (Å²) < 4.78 is 0. The Morgan fingerprint density at radius 1 is 0.750 bits per heavy atom. The third-order valence-electron chi connectivity index (χ3n) is 6.08. The Morgan fingerprint density at radius 3 is 1.78 bits per heavy atom. The van der Waals surface area contributed by atoms with Crippen LogP contribution in [0.3, 0.4) is 0 Å². The first-order chi connectivity index (χ1) is 15.6. The SMILES string of the molecule is Cc1ccc(C(C2=CCCCC2=O)C(C(=O)c2ccccc2)C(=O)c2ccccc2)cc1. The van der Waals surface area contributed by atoms with Crippen LogP contribution >= 0.6 is 0 Å². The van der Waals surface area contributed by atoms with Gasteiger partial charge in [-0.15, -0.1) is 0 Å². The van der Waals surface area contributed by atoms with Crippen LogP contribution in [0.1, 0.15) is 57.0 Å². The molecule has 0 amide bonds. The first kappa shape index (κ1) is 21.6. The topological polar surface area (TPSA) is 51.2 Å². The molecule has 1 unspecified atom stereocenters. The second kappa shape index (κ2) is 9.69. The lowest BCUT2D eigenvalue weighted by Gasteiger charge is -2.29. The Hall–Kier alpha value is -3.59. The highest BCUT2D eigenvalue weighted by Crippen LogP contribution is 2.39. The van der Waals surface area contributed by atoms with E-state index in [4.69, 9.17) is 0 Å². The number of hydrogen-bond donors (Lipinski definition) is 0. The fourth-order valence-corrected chi connectivity index (χ4v) is 4.39. The highest BCUT2D eigenvalue weighted by molar-refractivity contribution is 6.18. The molecule has 0 heterocycles. The molecule has 3 aromatic carbocycles. The number of Topliss-reactive ketones (excluding diaryl/α,β-unsaturated/α-hetero) is 3. The molecule has 0 spiro atoms. The number of hydrogen-bond acceptors (Lipinski definition) is 3. The van der Waals surface area contributed by atoms with E-state index in [1.54, 1.807) is 48.5 Å². The van der Waals surface area contributed by atoms with E-state index in [2.05, 4.69) is 0 Å². The van der Waals surface area contributed by atoms with E-state index >= 15 is 0 Å². The molecule has 0 N–H and O–H groups in total. The summed E-state index contributed by atoms with van der Waals surface area (Å²) in [5.74, 6) is -2.14. The van der Waals surface area contributed by atoms with E-state index in [-0.39, 0.29) is 17.3 Å². The van der Waals surface area contributed by atoms with Gasteiger partial charge < -0.3 is 0 Å². The number of carbonyl (C=O) groups excluding carboxylic acids is 3. The number of ketones is 3. The van der Waals surface area contributed by atoms with Gasteiger partial charge in [0.2, 0.25) is 0 Å². The maximum Gasteiger partial charge on any atom is 0.174 e. The minimum Gasteiger partial charge on any atom is -0.295 e. The van der Waals surface area contributed by atoms with E-state index in [0.29, 0.717) is 23.1 Å². The van der Waals surface area contributed by atoms with Crippen LogP contribution < -0.4 is 0 Å². The molecule has 3 heteroatoms. The third-order valence-corrected chi connectivity index (χ3v) is 6.08. The molecule has 1 aliphatic carbocycles. The second-order valence-corrected chi connectivity index (χ2v) is 8.30. The van der Waals surface area contributed by atoms with Crippen molar-refractivity contribution in [1.82, 2.24) is 0 Å². The fraction of sp³-hybridized carbons (Fsp3) is 0.207. The van der Waals surface area contributed by atoms with Crippen molar-refractivity contribution < 1.29 is 14.4 Å². The van der Waals surface area contributed by atoms with Crippen molar-refractivity contribution in [2.75, 3.05) is 0 Å². The van der Waals surface area contributed by atoms with Crippen LogP contribution in [0.25, 0.3) is 0 Å². The average molecular weight is 423 g/mol. The monoisotopic (exact) mass is 422 g/mol. The van der Waals surface area contributed by atoms with Crippen molar-refractivity contribution in [3.05, 3.63) is 119 Å². The van der Waals surface area contributed by atoms with E-state index in [0.717, 1.165) is 24.0 Å². The van der Waals surface area contributed by atoms with Crippen LogP contribution in [-0.2, 0) is 4.79 Å². The highest BCUT2D eigenvalue weighted by Gasteiger charge is 2.40. The zero-order valence-electron chi connectivity index (χ0n) is 18.2. The van der Waals surface area contributed by atoms with Crippen molar-refractivity contribution in [1.29, 1.82) is 0 Å². The Bertz CT molecular complexity index is 1090. The predicted octanol–water partition coefficient (Wildman–Crippen LogP) is 6.14. The molecule has 0 saturated carbocycles. The maximum absolute atomic E-state index is 13.8. The van der Waals surface area contributed by atoms with Gasteiger partial charge in [0.1, 0.15) is 0 Å². The van der Waals surface area contributed by atoms with Crippen LogP contribution in [0.5, 0.6) is 0 Å². The van der Waals surface area contributed by atoms with E-state index in [1.807, 2.05) is 49.4 Å². The quantitative estimate of drug-likeness (QED) is 0.339. The standard InChI is InChI=1S/C29H26O3/c1-20-16-18-21(19-17-20)26(24-14-8-9-15-25(24)30)27(28(31)22-10-4-2-5-11-22)29(32)23-12-6-3-7-13-23/h2-7,10-14,16-19,26-27H,8-9,15H2,1H3. The van der Waals surface area contributed by atoms with Gasteiger partial charge in [0.25, 0.3) is 0 Å². The van der Waals surface area contributed by atoms with Gasteiger partial charge in [-0.1, -0.05) is 96.6 Å². The zero-order valence-corrected chi connectivity index (χ0v) is 18.2. The Balaban J connectivity index is 1.90. The van der Waals surface area contributed by atoms with Gasteiger partial charge in [-0.2, -0.15) is 0 Å². The average Bonchev–Trinajstić information content (AvgIpc) is 2.84. The molecule has 0 aromatic heterocycles. The van der Waals surface area contributed by atoms with Gasteiger partial charge in [-0.05, 0) is 30.9 Å². The molecule has 3 nitrogen and oxygen atoms in total. The lowest BCUT2D eigenvalue weighted by atomic mass is 9.71. The lowest BCUT2D eigenvalue weighted by molar-refractivity contribution is -0.116. The maximum atomic E-state index is 13.8. The molecule has 0 bridgehead atoms. The molecule has 0 fully saturated rings. The normalized spacial score (nSPS) is 14.7. The number of aryl methyl sites for hydroxylation is 1. The molecule has 1 aliphatic rings. The third kappa shape index (κ3) is 4.52. The molecule has 0 saturated heterocycles. The second-order valence-electron chi connectivity index (χ2n) is 8.30. The summed E-state index contributed by atoms with van der Waals surface area (Å²) in [5, 5.41) is 0. The van der Waals surface area contributed by atoms with Crippen LogP contribution in [0, 0.1) is 12.8 Å². The Kier molecular flexibility index (Phi) is 6.55. The van der Waals surface area contributed by atoms with E-state index in [9.17, 15) is 14.4 Å².